The second kappa shape index (κ2) is 7.73. The number of benzene rings is 1. The van der Waals surface area contributed by atoms with Gasteiger partial charge in [-0.1, -0.05) is 23.7 Å². The number of nitrogens with one attached hydrogen (secondary N) is 1. The summed E-state index contributed by atoms with van der Waals surface area (Å²) < 4.78 is 0. The van der Waals surface area contributed by atoms with Crippen LogP contribution in [0.1, 0.15) is 19.3 Å². The molecule has 0 aliphatic carbocycles. The normalized spacial score (nSPS) is 11.0. The van der Waals surface area contributed by atoms with Crippen molar-refractivity contribution in [3.05, 3.63) is 41.0 Å². The van der Waals surface area contributed by atoms with Gasteiger partial charge in [-0.05, 0) is 37.0 Å². The predicted molar refractivity (Wildman–Crippen MR) is 97.3 cm³/mol. The largest absolute Gasteiger partial charge is 0.396 e. The fourth-order valence-electron chi connectivity index (χ4n) is 2.47. The maximum atomic E-state index is 8.83. The van der Waals surface area contributed by atoms with Crippen LogP contribution in [0.5, 0.6) is 0 Å². The molecule has 0 unspecified atom stereocenters. The summed E-state index contributed by atoms with van der Waals surface area (Å²) in [5.41, 5.74) is 2.24. The van der Waals surface area contributed by atoms with E-state index in [-0.39, 0.29) is 6.61 Å². The van der Waals surface area contributed by atoms with Crippen LogP contribution in [0.25, 0.3) is 21.3 Å². The van der Waals surface area contributed by atoms with Gasteiger partial charge in [0.25, 0.3) is 0 Å². The van der Waals surface area contributed by atoms with E-state index in [4.69, 9.17) is 16.7 Å². The monoisotopic (exact) mass is 347 g/mol. The first-order valence-electron chi connectivity index (χ1n) is 7.62. The van der Waals surface area contributed by atoms with E-state index < -0.39 is 0 Å². The Balaban J connectivity index is 1.86. The highest BCUT2D eigenvalue weighted by atomic mass is 35.5. The Bertz CT molecular complexity index is 773. The molecule has 0 aliphatic heterocycles. The summed E-state index contributed by atoms with van der Waals surface area (Å²) in [5, 5.41) is 16.1. The number of aromatic nitrogens is 2. The Hall–Kier alpha value is -1.69. The molecule has 0 saturated heterocycles. The number of thiophene rings is 1. The maximum absolute atomic E-state index is 8.83. The Labute approximate surface area is 144 Å². The number of hydrogen-bond donors (Lipinski definition) is 2. The topological polar surface area (TPSA) is 58.0 Å². The van der Waals surface area contributed by atoms with Gasteiger partial charge in [0, 0.05) is 29.1 Å². The number of aliphatic hydroxyl groups excluding tert-OH is 1. The first kappa shape index (κ1) is 16.2. The van der Waals surface area contributed by atoms with E-state index in [0.29, 0.717) is 0 Å². The standard InChI is InChI=1S/C17H18ClN3OS/c18-13-6-4-12(5-7-13)14-10-23-17-15(14)16(20-11-21-17)19-8-2-1-3-9-22/h4-7,10-11,22H,1-3,8-9H2,(H,19,20,21). The van der Waals surface area contributed by atoms with E-state index in [2.05, 4.69) is 20.7 Å². The molecule has 0 saturated carbocycles. The summed E-state index contributed by atoms with van der Waals surface area (Å²) in [6.07, 6.45) is 4.45. The van der Waals surface area contributed by atoms with Crippen LogP contribution in [0.2, 0.25) is 5.02 Å². The lowest BCUT2D eigenvalue weighted by atomic mass is 10.1. The van der Waals surface area contributed by atoms with Crippen LogP contribution in [0.4, 0.5) is 5.82 Å². The second-order valence-electron chi connectivity index (χ2n) is 5.27. The van der Waals surface area contributed by atoms with Crippen LogP contribution in [0.3, 0.4) is 0 Å². The smallest absolute Gasteiger partial charge is 0.138 e. The van der Waals surface area contributed by atoms with E-state index in [1.807, 2.05) is 24.3 Å². The maximum Gasteiger partial charge on any atom is 0.138 e. The Morgan fingerprint density at radius 1 is 1.09 bits per heavy atom. The van der Waals surface area contributed by atoms with Crippen molar-refractivity contribution in [2.45, 2.75) is 19.3 Å². The number of halogens is 1. The quantitative estimate of drug-likeness (QED) is 0.614. The fourth-order valence-corrected chi connectivity index (χ4v) is 3.51. The van der Waals surface area contributed by atoms with Gasteiger partial charge in [0.2, 0.25) is 0 Å². The lowest BCUT2D eigenvalue weighted by molar-refractivity contribution is 0.283. The third-order valence-corrected chi connectivity index (χ3v) is 4.79. The summed E-state index contributed by atoms with van der Waals surface area (Å²) in [7, 11) is 0. The first-order chi connectivity index (χ1) is 11.3. The third-order valence-electron chi connectivity index (χ3n) is 3.65. The second-order valence-corrected chi connectivity index (χ2v) is 6.56. The highest BCUT2D eigenvalue weighted by Gasteiger charge is 2.12. The molecule has 3 rings (SSSR count). The van der Waals surface area contributed by atoms with Gasteiger partial charge in [-0.15, -0.1) is 11.3 Å². The van der Waals surface area contributed by atoms with Crippen LogP contribution >= 0.6 is 22.9 Å². The predicted octanol–water partition coefficient (Wildman–Crippen LogP) is 4.59. The van der Waals surface area contributed by atoms with Gasteiger partial charge in [-0.2, -0.15) is 0 Å². The van der Waals surface area contributed by atoms with E-state index >= 15 is 0 Å². The molecule has 2 heterocycles. The van der Waals surface area contributed by atoms with Crippen molar-refractivity contribution in [1.29, 1.82) is 0 Å². The molecule has 0 radical (unpaired) electrons. The summed E-state index contributed by atoms with van der Waals surface area (Å²) in [4.78, 5) is 9.76. The number of fused-ring (bicyclic) bond motifs is 1. The zero-order valence-electron chi connectivity index (χ0n) is 12.6. The minimum atomic E-state index is 0.253. The summed E-state index contributed by atoms with van der Waals surface area (Å²) in [6, 6.07) is 7.82. The number of unbranched alkanes of at least 4 members (excludes halogenated alkanes) is 2. The molecule has 4 nitrogen and oxygen atoms in total. The molecule has 0 atom stereocenters. The van der Waals surface area contributed by atoms with Crippen LogP contribution in [0.15, 0.2) is 36.0 Å². The Kier molecular flexibility index (Phi) is 5.43. The van der Waals surface area contributed by atoms with Crippen LogP contribution in [-0.4, -0.2) is 28.2 Å². The van der Waals surface area contributed by atoms with Gasteiger partial charge < -0.3 is 10.4 Å². The molecule has 0 amide bonds. The average Bonchev–Trinajstić information content (AvgIpc) is 3.00. The van der Waals surface area contributed by atoms with E-state index in [0.717, 1.165) is 58.0 Å². The zero-order valence-corrected chi connectivity index (χ0v) is 14.2. The molecule has 2 N–H and O–H groups in total. The number of anilines is 1. The summed E-state index contributed by atoms with van der Waals surface area (Å²) in [6.45, 7) is 1.09. The van der Waals surface area contributed by atoms with Gasteiger partial charge in [-0.3, -0.25) is 0 Å². The van der Waals surface area contributed by atoms with Crippen LogP contribution in [-0.2, 0) is 0 Å². The molecule has 0 aliphatic rings. The number of rotatable bonds is 7. The SMILES string of the molecule is OCCCCCNc1ncnc2scc(-c3ccc(Cl)cc3)c12. The molecule has 6 heteroatoms. The highest BCUT2D eigenvalue weighted by molar-refractivity contribution is 7.17. The van der Waals surface area contributed by atoms with Gasteiger partial charge >= 0.3 is 0 Å². The molecule has 0 fully saturated rings. The minimum Gasteiger partial charge on any atom is -0.396 e. The van der Waals surface area contributed by atoms with Crippen LogP contribution in [0, 0.1) is 0 Å². The number of aliphatic hydroxyl groups is 1. The Morgan fingerprint density at radius 3 is 2.70 bits per heavy atom. The molecule has 120 valence electrons. The van der Waals surface area contributed by atoms with Crippen molar-refractivity contribution in [2.24, 2.45) is 0 Å². The molecule has 23 heavy (non-hydrogen) atoms. The number of nitrogens with zero attached hydrogens (tertiary/aromatic N) is 2. The van der Waals surface area contributed by atoms with Gasteiger partial charge in [0.05, 0.1) is 5.39 Å². The fraction of sp³-hybridized carbons (Fsp3) is 0.294. The van der Waals surface area contributed by atoms with Crippen molar-refractivity contribution in [2.75, 3.05) is 18.5 Å². The lowest BCUT2D eigenvalue weighted by Crippen LogP contribution is -2.04. The molecule has 3 aromatic rings. The molecule has 0 bridgehead atoms. The zero-order chi connectivity index (χ0) is 16.1. The van der Waals surface area contributed by atoms with Gasteiger partial charge in [0.1, 0.15) is 17.0 Å². The molecular weight excluding hydrogens is 330 g/mol. The first-order valence-corrected chi connectivity index (χ1v) is 8.88. The van der Waals surface area contributed by atoms with Crippen molar-refractivity contribution >= 4 is 39.0 Å². The van der Waals surface area contributed by atoms with Crippen molar-refractivity contribution in [1.82, 2.24) is 9.97 Å². The third kappa shape index (κ3) is 3.80. The van der Waals surface area contributed by atoms with Gasteiger partial charge in [-0.25, -0.2) is 9.97 Å². The van der Waals surface area contributed by atoms with Crippen molar-refractivity contribution in [3.63, 3.8) is 0 Å². The van der Waals surface area contributed by atoms with Crippen molar-refractivity contribution < 1.29 is 5.11 Å². The van der Waals surface area contributed by atoms with E-state index in [1.165, 1.54) is 0 Å². The highest BCUT2D eigenvalue weighted by Crippen LogP contribution is 2.36. The summed E-state index contributed by atoms with van der Waals surface area (Å²) >= 11 is 7.60. The van der Waals surface area contributed by atoms with Crippen molar-refractivity contribution in [3.8, 4) is 11.1 Å². The molecule has 1 aromatic carbocycles. The lowest BCUT2D eigenvalue weighted by Gasteiger charge is -2.08. The molecular formula is C17H18ClN3OS. The molecule has 2 aromatic heterocycles. The van der Waals surface area contributed by atoms with E-state index in [9.17, 15) is 0 Å². The average molecular weight is 348 g/mol. The van der Waals surface area contributed by atoms with E-state index in [1.54, 1.807) is 17.7 Å². The molecule has 0 spiro atoms. The van der Waals surface area contributed by atoms with Gasteiger partial charge in [0.15, 0.2) is 0 Å². The summed E-state index contributed by atoms with van der Waals surface area (Å²) in [5.74, 6) is 0.866. The minimum absolute atomic E-state index is 0.253. The number of hydrogen-bond acceptors (Lipinski definition) is 5. The van der Waals surface area contributed by atoms with Crippen LogP contribution < -0.4 is 5.32 Å². The Morgan fingerprint density at radius 2 is 1.91 bits per heavy atom.